The summed E-state index contributed by atoms with van der Waals surface area (Å²) in [5, 5.41) is 3.49. The zero-order chi connectivity index (χ0) is 17.3. The number of ether oxygens (including phenoxy) is 1. The Balaban J connectivity index is 1.64. The topological polar surface area (TPSA) is 71.5 Å². The van der Waals surface area contributed by atoms with Crippen LogP contribution in [0, 0.1) is 0 Å². The highest BCUT2D eigenvalue weighted by Gasteiger charge is 2.29. The Morgan fingerprint density at radius 3 is 2.71 bits per heavy atom. The van der Waals surface area contributed by atoms with E-state index in [0.717, 1.165) is 23.4 Å². The fourth-order valence-corrected chi connectivity index (χ4v) is 3.72. The number of nitrogens with zero attached hydrogens (tertiary/aromatic N) is 2. The molecule has 0 aromatic carbocycles. The van der Waals surface area contributed by atoms with Crippen LogP contribution in [0.2, 0.25) is 0 Å². The summed E-state index contributed by atoms with van der Waals surface area (Å²) in [6.07, 6.45) is 6.30. The maximum absolute atomic E-state index is 12.3. The van der Waals surface area contributed by atoms with Gasteiger partial charge in [0.25, 0.3) is 5.91 Å². The second-order valence-electron chi connectivity index (χ2n) is 7.15. The molecule has 0 unspecified atom stereocenters. The summed E-state index contributed by atoms with van der Waals surface area (Å²) in [4.78, 5) is 31.7. The van der Waals surface area contributed by atoms with Gasteiger partial charge in [0.2, 0.25) is 0 Å². The van der Waals surface area contributed by atoms with Crippen LogP contribution in [0.15, 0.2) is 12.2 Å². The summed E-state index contributed by atoms with van der Waals surface area (Å²) in [5.74, 6) is -0.119. The smallest absolute Gasteiger partial charge is 0.410 e. The predicted octanol–water partition coefficient (Wildman–Crippen LogP) is 2.88. The van der Waals surface area contributed by atoms with Gasteiger partial charge in [-0.1, -0.05) is 12.2 Å². The molecule has 1 aromatic rings. The summed E-state index contributed by atoms with van der Waals surface area (Å²) < 4.78 is 5.41. The van der Waals surface area contributed by atoms with Gasteiger partial charge in [-0.3, -0.25) is 4.79 Å². The molecule has 1 aliphatic carbocycles. The van der Waals surface area contributed by atoms with Crippen LogP contribution >= 0.6 is 11.3 Å². The van der Waals surface area contributed by atoms with Crippen LogP contribution in [0.3, 0.4) is 0 Å². The van der Waals surface area contributed by atoms with Gasteiger partial charge in [0.05, 0.1) is 12.2 Å². The summed E-state index contributed by atoms with van der Waals surface area (Å²) in [6.45, 7) is 6.55. The van der Waals surface area contributed by atoms with E-state index in [1.165, 1.54) is 11.3 Å². The maximum atomic E-state index is 12.3. The minimum atomic E-state index is -0.514. The molecule has 2 aliphatic rings. The Kier molecular flexibility index (Phi) is 4.62. The van der Waals surface area contributed by atoms with Gasteiger partial charge in [0.15, 0.2) is 5.01 Å². The first-order valence-electron chi connectivity index (χ1n) is 8.24. The number of carbonyl (C=O) groups excluding carboxylic acids is 2. The van der Waals surface area contributed by atoms with Crippen molar-refractivity contribution in [2.75, 3.05) is 6.54 Å². The summed E-state index contributed by atoms with van der Waals surface area (Å²) in [5.41, 5.74) is 0.298. The van der Waals surface area contributed by atoms with Crippen molar-refractivity contribution >= 4 is 23.3 Å². The molecule has 1 N–H and O–H groups in total. The fraction of sp³-hybridized carbons (Fsp3) is 0.588. The van der Waals surface area contributed by atoms with Gasteiger partial charge in [-0.2, -0.15) is 0 Å². The molecule has 2 amide bonds. The molecule has 0 atom stereocenters. The first-order chi connectivity index (χ1) is 11.3. The molecule has 1 aliphatic heterocycles. The lowest BCUT2D eigenvalue weighted by Gasteiger charge is -2.29. The molecular weight excluding hydrogens is 326 g/mol. The Labute approximate surface area is 145 Å². The van der Waals surface area contributed by atoms with Gasteiger partial charge in [-0.25, -0.2) is 9.78 Å². The molecule has 2 heterocycles. The van der Waals surface area contributed by atoms with Crippen LogP contribution < -0.4 is 5.32 Å². The summed E-state index contributed by atoms with van der Waals surface area (Å²) >= 11 is 1.43. The monoisotopic (exact) mass is 349 g/mol. The molecule has 7 heteroatoms. The van der Waals surface area contributed by atoms with Crippen molar-refractivity contribution in [2.24, 2.45) is 0 Å². The molecular formula is C17H23N3O3S. The normalized spacial score (nSPS) is 17.7. The molecule has 3 rings (SSSR count). The van der Waals surface area contributed by atoms with E-state index in [9.17, 15) is 9.59 Å². The molecule has 0 saturated carbocycles. The van der Waals surface area contributed by atoms with Crippen molar-refractivity contribution in [3.05, 3.63) is 27.7 Å². The second-order valence-corrected chi connectivity index (χ2v) is 8.24. The molecule has 0 spiro atoms. The largest absolute Gasteiger partial charge is 0.444 e. The fourth-order valence-electron chi connectivity index (χ4n) is 2.76. The third-order valence-electron chi connectivity index (χ3n) is 3.92. The van der Waals surface area contributed by atoms with Crippen molar-refractivity contribution in [3.8, 4) is 0 Å². The number of nitrogens with one attached hydrogen (secondary N) is 1. The summed E-state index contributed by atoms with van der Waals surface area (Å²) in [7, 11) is 0. The average molecular weight is 349 g/mol. The second kappa shape index (κ2) is 6.55. The highest BCUT2D eigenvalue weighted by molar-refractivity contribution is 7.13. The van der Waals surface area contributed by atoms with Crippen LogP contribution in [0.25, 0.3) is 0 Å². The number of fused-ring (bicyclic) bond motifs is 1. The molecule has 6 nitrogen and oxygen atoms in total. The van der Waals surface area contributed by atoms with Gasteiger partial charge in [0.1, 0.15) is 5.60 Å². The molecule has 130 valence electrons. The molecule has 1 aromatic heterocycles. The molecule has 0 fully saturated rings. The van der Waals surface area contributed by atoms with E-state index in [-0.39, 0.29) is 18.0 Å². The van der Waals surface area contributed by atoms with E-state index < -0.39 is 5.60 Å². The van der Waals surface area contributed by atoms with E-state index in [2.05, 4.69) is 22.5 Å². The number of rotatable bonds is 2. The number of hydrogen-bond acceptors (Lipinski definition) is 5. The Bertz CT molecular complexity index is 667. The lowest BCUT2D eigenvalue weighted by atomic mass is 10.2. The third-order valence-corrected chi connectivity index (χ3v) is 5.07. The maximum Gasteiger partial charge on any atom is 0.410 e. The predicted molar refractivity (Wildman–Crippen MR) is 92.1 cm³/mol. The number of aromatic nitrogens is 1. The highest BCUT2D eigenvalue weighted by atomic mass is 32.1. The van der Waals surface area contributed by atoms with Gasteiger partial charge < -0.3 is 15.0 Å². The molecule has 0 radical (unpaired) electrons. The van der Waals surface area contributed by atoms with Crippen LogP contribution in [0.4, 0.5) is 4.79 Å². The van der Waals surface area contributed by atoms with Crippen LogP contribution in [-0.2, 0) is 17.7 Å². The van der Waals surface area contributed by atoms with E-state index in [1.54, 1.807) is 4.90 Å². The van der Waals surface area contributed by atoms with E-state index in [1.807, 2.05) is 20.8 Å². The average Bonchev–Trinajstić information content (AvgIpc) is 3.13. The number of amides is 2. The van der Waals surface area contributed by atoms with Crippen LogP contribution in [0.5, 0.6) is 0 Å². The van der Waals surface area contributed by atoms with E-state index in [0.29, 0.717) is 24.5 Å². The van der Waals surface area contributed by atoms with Gasteiger partial charge in [0, 0.05) is 23.9 Å². The van der Waals surface area contributed by atoms with Gasteiger partial charge in [-0.05, 0) is 33.6 Å². The van der Waals surface area contributed by atoms with Crippen molar-refractivity contribution in [1.82, 2.24) is 15.2 Å². The zero-order valence-corrected chi connectivity index (χ0v) is 15.1. The van der Waals surface area contributed by atoms with Crippen LogP contribution in [-0.4, -0.2) is 40.1 Å². The minimum absolute atomic E-state index is 0.119. The van der Waals surface area contributed by atoms with Crippen molar-refractivity contribution in [1.29, 1.82) is 0 Å². The van der Waals surface area contributed by atoms with Gasteiger partial charge >= 0.3 is 6.09 Å². The van der Waals surface area contributed by atoms with Crippen molar-refractivity contribution < 1.29 is 14.3 Å². The highest BCUT2D eigenvalue weighted by Crippen LogP contribution is 2.26. The first kappa shape index (κ1) is 17.0. The van der Waals surface area contributed by atoms with Crippen molar-refractivity contribution in [2.45, 2.75) is 58.2 Å². The summed E-state index contributed by atoms with van der Waals surface area (Å²) in [6, 6.07) is 0.177. The van der Waals surface area contributed by atoms with Crippen molar-refractivity contribution in [3.63, 3.8) is 0 Å². The molecule has 0 bridgehead atoms. The Morgan fingerprint density at radius 2 is 2.04 bits per heavy atom. The van der Waals surface area contributed by atoms with Crippen LogP contribution in [0.1, 0.15) is 54.0 Å². The lowest BCUT2D eigenvalue weighted by molar-refractivity contribution is 0.0222. The zero-order valence-electron chi connectivity index (χ0n) is 14.3. The Hall–Kier alpha value is -1.89. The third kappa shape index (κ3) is 3.95. The SMILES string of the molecule is CC(C)(C)OC(=O)N1CCc2sc(C(=O)NC3CC=CC3)nc2C1. The minimum Gasteiger partial charge on any atom is -0.444 e. The lowest BCUT2D eigenvalue weighted by Crippen LogP contribution is -2.39. The molecule has 24 heavy (non-hydrogen) atoms. The Morgan fingerprint density at radius 1 is 1.33 bits per heavy atom. The number of hydrogen-bond donors (Lipinski definition) is 1. The quantitative estimate of drug-likeness (QED) is 0.834. The number of carbonyl (C=O) groups is 2. The number of thiazole rings is 1. The standard InChI is InChI=1S/C17H23N3O3S/c1-17(2,3)23-16(22)20-9-8-13-12(10-20)19-15(24-13)14(21)18-11-6-4-5-7-11/h4-5,11H,6-10H2,1-3H3,(H,18,21). The molecule has 0 saturated heterocycles. The van der Waals surface area contributed by atoms with Gasteiger partial charge in [-0.15, -0.1) is 11.3 Å². The van der Waals surface area contributed by atoms with E-state index in [4.69, 9.17) is 4.74 Å². The first-order valence-corrected chi connectivity index (χ1v) is 9.06. The van der Waals surface area contributed by atoms with E-state index >= 15 is 0 Å².